The van der Waals surface area contributed by atoms with E-state index < -0.39 is 0 Å². The van der Waals surface area contributed by atoms with Crippen LogP contribution in [-0.2, 0) is 16.0 Å². The van der Waals surface area contributed by atoms with Crippen LogP contribution in [0.25, 0.3) is 0 Å². The van der Waals surface area contributed by atoms with E-state index in [0.29, 0.717) is 19.6 Å². The van der Waals surface area contributed by atoms with E-state index in [0.717, 1.165) is 24.4 Å². The van der Waals surface area contributed by atoms with Crippen LogP contribution >= 0.6 is 0 Å². The smallest absolute Gasteiger partial charge is 0.226 e. The fourth-order valence-electron chi connectivity index (χ4n) is 2.24. The van der Waals surface area contributed by atoms with E-state index in [9.17, 15) is 4.79 Å². The summed E-state index contributed by atoms with van der Waals surface area (Å²) in [5.41, 5.74) is 0.962. The van der Waals surface area contributed by atoms with Gasteiger partial charge in [-0.15, -0.1) is 0 Å². The predicted octanol–water partition coefficient (Wildman–Crippen LogP) is 0.685. The summed E-state index contributed by atoms with van der Waals surface area (Å²) in [7, 11) is 3.45. The molecule has 5 nitrogen and oxygen atoms in total. The Bertz CT molecular complexity index is 444. The number of benzene rings is 1. The highest BCUT2D eigenvalue weighted by Crippen LogP contribution is 2.13. The van der Waals surface area contributed by atoms with Crippen LogP contribution in [0.4, 0.5) is 0 Å². The minimum atomic E-state index is 0.0861. The first-order chi connectivity index (χ1) is 9.69. The van der Waals surface area contributed by atoms with Gasteiger partial charge in [0.15, 0.2) is 0 Å². The molecule has 0 radical (unpaired) electrons. The molecule has 1 aromatic carbocycles. The molecule has 0 aromatic heterocycles. The van der Waals surface area contributed by atoms with Gasteiger partial charge in [0.1, 0.15) is 5.75 Å². The van der Waals surface area contributed by atoms with E-state index >= 15 is 0 Å². The third-order valence-electron chi connectivity index (χ3n) is 3.40. The molecule has 0 bridgehead atoms. The van der Waals surface area contributed by atoms with Gasteiger partial charge in [0.05, 0.1) is 26.2 Å². The molecule has 1 saturated heterocycles. The Kier molecular flexibility index (Phi) is 5.38. The van der Waals surface area contributed by atoms with Gasteiger partial charge in [-0.05, 0) is 17.7 Å². The van der Waals surface area contributed by atoms with Gasteiger partial charge >= 0.3 is 0 Å². The zero-order valence-electron chi connectivity index (χ0n) is 12.1. The van der Waals surface area contributed by atoms with Crippen LogP contribution in [0.15, 0.2) is 24.3 Å². The minimum absolute atomic E-state index is 0.0861. The normalized spacial score (nSPS) is 18.6. The van der Waals surface area contributed by atoms with Crippen molar-refractivity contribution in [3.05, 3.63) is 29.8 Å². The molecule has 5 heteroatoms. The summed E-state index contributed by atoms with van der Waals surface area (Å²) < 4.78 is 10.8. The van der Waals surface area contributed by atoms with Crippen molar-refractivity contribution < 1.29 is 14.3 Å². The van der Waals surface area contributed by atoms with E-state index in [4.69, 9.17) is 9.47 Å². The second kappa shape index (κ2) is 7.26. The van der Waals surface area contributed by atoms with Crippen molar-refractivity contribution in [1.29, 1.82) is 0 Å². The Balaban J connectivity index is 1.86. The van der Waals surface area contributed by atoms with Crippen molar-refractivity contribution in [2.75, 3.05) is 40.4 Å². The largest absolute Gasteiger partial charge is 0.497 e. The SMILES string of the molecule is COc1cccc(CC(=O)N(C)CC2CNCCO2)c1. The number of nitrogens with zero attached hydrogens (tertiary/aromatic N) is 1. The zero-order valence-corrected chi connectivity index (χ0v) is 12.1. The molecule has 1 N–H and O–H groups in total. The summed E-state index contributed by atoms with van der Waals surface area (Å²) in [6.45, 7) is 3.02. The molecule has 0 spiro atoms. The molecule has 1 atom stereocenters. The number of carbonyl (C=O) groups is 1. The van der Waals surface area contributed by atoms with E-state index in [2.05, 4.69) is 5.32 Å². The fraction of sp³-hybridized carbons (Fsp3) is 0.533. The lowest BCUT2D eigenvalue weighted by Gasteiger charge is -2.28. The van der Waals surface area contributed by atoms with Gasteiger partial charge in [0.2, 0.25) is 5.91 Å². The third-order valence-corrected chi connectivity index (χ3v) is 3.40. The number of hydrogen-bond acceptors (Lipinski definition) is 4. The van der Waals surface area contributed by atoms with Crippen molar-refractivity contribution >= 4 is 5.91 Å². The third kappa shape index (κ3) is 4.21. The highest BCUT2D eigenvalue weighted by atomic mass is 16.5. The molecule has 1 amide bonds. The van der Waals surface area contributed by atoms with Crippen molar-refractivity contribution in [1.82, 2.24) is 10.2 Å². The lowest BCUT2D eigenvalue weighted by molar-refractivity contribution is -0.131. The van der Waals surface area contributed by atoms with Crippen LogP contribution in [0, 0.1) is 0 Å². The summed E-state index contributed by atoms with van der Waals surface area (Å²) in [5, 5.41) is 3.26. The summed E-state index contributed by atoms with van der Waals surface area (Å²) in [6, 6.07) is 7.60. The molecular weight excluding hydrogens is 256 g/mol. The Labute approximate surface area is 119 Å². The first-order valence-corrected chi connectivity index (χ1v) is 6.88. The monoisotopic (exact) mass is 278 g/mol. The number of carbonyl (C=O) groups excluding carboxylic acids is 1. The number of rotatable bonds is 5. The highest BCUT2D eigenvalue weighted by molar-refractivity contribution is 5.78. The van der Waals surface area contributed by atoms with Crippen molar-refractivity contribution in [2.45, 2.75) is 12.5 Å². The Hall–Kier alpha value is -1.59. The summed E-state index contributed by atoms with van der Waals surface area (Å²) in [5.74, 6) is 0.866. The molecule has 1 aromatic rings. The predicted molar refractivity (Wildman–Crippen MR) is 76.9 cm³/mol. The number of amides is 1. The number of nitrogens with one attached hydrogen (secondary N) is 1. The second-order valence-electron chi connectivity index (χ2n) is 5.00. The van der Waals surface area contributed by atoms with E-state index in [1.807, 2.05) is 31.3 Å². The average molecular weight is 278 g/mol. The summed E-state index contributed by atoms with van der Waals surface area (Å²) in [4.78, 5) is 13.9. The van der Waals surface area contributed by atoms with Gasteiger partial charge < -0.3 is 19.7 Å². The Morgan fingerprint density at radius 3 is 3.10 bits per heavy atom. The van der Waals surface area contributed by atoms with Gasteiger partial charge in [0.25, 0.3) is 0 Å². The molecule has 1 unspecified atom stereocenters. The molecule has 1 fully saturated rings. The zero-order chi connectivity index (χ0) is 14.4. The second-order valence-corrected chi connectivity index (χ2v) is 5.00. The van der Waals surface area contributed by atoms with Gasteiger partial charge in [0, 0.05) is 26.7 Å². The molecule has 20 heavy (non-hydrogen) atoms. The van der Waals surface area contributed by atoms with Gasteiger partial charge in [-0.25, -0.2) is 0 Å². The molecule has 1 heterocycles. The van der Waals surface area contributed by atoms with E-state index in [1.165, 1.54) is 0 Å². The number of methoxy groups -OCH3 is 1. The number of ether oxygens (including phenoxy) is 2. The van der Waals surface area contributed by atoms with Crippen LogP contribution in [0.2, 0.25) is 0 Å². The maximum Gasteiger partial charge on any atom is 0.226 e. The maximum atomic E-state index is 12.2. The first-order valence-electron chi connectivity index (χ1n) is 6.88. The number of hydrogen-bond donors (Lipinski definition) is 1. The molecule has 1 aliphatic heterocycles. The van der Waals surface area contributed by atoms with E-state index in [-0.39, 0.29) is 12.0 Å². The molecule has 0 aliphatic carbocycles. The molecule has 1 aliphatic rings. The lowest BCUT2D eigenvalue weighted by Crippen LogP contribution is -2.46. The maximum absolute atomic E-state index is 12.2. The van der Waals surface area contributed by atoms with Crippen LogP contribution in [0.3, 0.4) is 0 Å². The van der Waals surface area contributed by atoms with Crippen molar-refractivity contribution in [3.8, 4) is 5.75 Å². The minimum Gasteiger partial charge on any atom is -0.497 e. The Morgan fingerprint density at radius 2 is 2.40 bits per heavy atom. The lowest BCUT2D eigenvalue weighted by atomic mass is 10.1. The Morgan fingerprint density at radius 1 is 1.55 bits per heavy atom. The molecule has 0 saturated carbocycles. The van der Waals surface area contributed by atoms with Crippen LogP contribution in [0.1, 0.15) is 5.56 Å². The van der Waals surface area contributed by atoms with Gasteiger partial charge in [-0.3, -0.25) is 4.79 Å². The van der Waals surface area contributed by atoms with Crippen molar-refractivity contribution in [2.24, 2.45) is 0 Å². The van der Waals surface area contributed by atoms with Crippen LogP contribution in [0.5, 0.6) is 5.75 Å². The summed E-state index contributed by atoms with van der Waals surface area (Å²) >= 11 is 0. The topological polar surface area (TPSA) is 50.8 Å². The average Bonchev–Trinajstić information content (AvgIpc) is 2.48. The molecule has 2 rings (SSSR count). The van der Waals surface area contributed by atoms with Crippen LogP contribution in [-0.4, -0.2) is 57.3 Å². The van der Waals surface area contributed by atoms with Crippen LogP contribution < -0.4 is 10.1 Å². The molecular formula is C15H22N2O3. The van der Waals surface area contributed by atoms with Crippen molar-refractivity contribution in [3.63, 3.8) is 0 Å². The van der Waals surface area contributed by atoms with Gasteiger partial charge in [-0.2, -0.15) is 0 Å². The highest BCUT2D eigenvalue weighted by Gasteiger charge is 2.18. The van der Waals surface area contributed by atoms with E-state index in [1.54, 1.807) is 12.0 Å². The fourth-order valence-corrected chi connectivity index (χ4v) is 2.24. The number of morpholine rings is 1. The summed E-state index contributed by atoms with van der Waals surface area (Å²) in [6.07, 6.45) is 0.469. The standard InChI is InChI=1S/C15H22N2O3/c1-17(11-14-10-16-6-7-20-14)15(18)9-12-4-3-5-13(8-12)19-2/h3-5,8,14,16H,6-7,9-11H2,1-2H3. The quantitative estimate of drug-likeness (QED) is 0.861. The van der Waals surface area contributed by atoms with Gasteiger partial charge in [-0.1, -0.05) is 12.1 Å². The number of likely N-dealkylation sites (N-methyl/N-ethyl adjacent to an activating group) is 1. The first kappa shape index (κ1) is 14.8. The molecule has 110 valence electrons.